The van der Waals surface area contributed by atoms with Crippen LogP contribution in [0.5, 0.6) is 17.2 Å². The molecule has 0 spiro atoms. The highest BCUT2D eigenvalue weighted by Gasteiger charge is 2.20. The van der Waals surface area contributed by atoms with Gasteiger partial charge in [-0.15, -0.1) is 0 Å². The molecule has 0 unspecified atom stereocenters. The summed E-state index contributed by atoms with van der Waals surface area (Å²) in [5.41, 5.74) is -0.0781. The first-order chi connectivity index (χ1) is 16.3. The number of ether oxygens (including phenoxy) is 1. The van der Waals surface area contributed by atoms with Gasteiger partial charge < -0.3 is 35.8 Å². The van der Waals surface area contributed by atoms with Crippen molar-refractivity contribution in [1.29, 1.82) is 0 Å². The highest BCUT2D eigenvalue weighted by Crippen LogP contribution is 2.33. The second-order valence-electron chi connectivity index (χ2n) is 6.56. The SMILES string of the molecule is O=C(O)CNCc1nc(C(=O)NCC(=O)O)c(O)c2ccc(Oc3ccccc3)cc12.O=CO. The first-order valence-corrected chi connectivity index (χ1v) is 9.65. The number of aliphatic carboxylic acids is 2. The summed E-state index contributed by atoms with van der Waals surface area (Å²) >= 11 is 0. The number of carboxylic acid groups (broad SMARTS) is 3. The van der Waals surface area contributed by atoms with E-state index in [2.05, 4.69) is 15.6 Å². The van der Waals surface area contributed by atoms with E-state index in [9.17, 15) is 19.5 Å². The number of carbonyl (C=O) groups excluding carboxylic acids is 1. The largest absolute Gasteiger partial charge is 0.505 e. The van der Waals surface area contributed by atoms with Crippen molar-refractivity contribution < 1.29 is 44.3 Å². The van der Waals surface area contributed by atoms with Gasteiger partial charge in [0.1, 0.15) is 18.0 Å². The summed E-state index contributed by atoms with van der Waals surface area (Å²) in [6.07, 6.45) is 0. The molecular weight excluding hydrogens is 450 g/mol. The lowest BCUT2D eigenvalue weighted by molar-refractivity contribution is -0.136. The zero-order valence-corrected chi connectivity index (χ0v) is 17.6. The third-order valence-electron chi connectivity index (χ3n) is 4.19. The van der Waals surface area contributed by atoms with E-state index < -0.39 is 30.1 Å². The number of nitrogens with zero attached hydrogens (tertiary/aromatic N) is 1. The summed E-state index contributed by atoms with van der Waals surface area (Å²) < 4.78 is 5.80. The number of aromatic hydroxyl groups is 1. The van der Waals surface area contributed by atoms with Crippen LogP contribution in [0.2, 0.25) is 0 Å². The normalized spacial score (nSPS) is 10.0. The first kappa shape index (κ1) is 25.5. The second-order valence-corrected chi connectivity index (χ2v) is 6.56. The van der Waals surface area contributed by atoms with Crippen molar-refractivity contribution in [2.75, 3.05) is 13.1 Å². The summed E-state index contributed by atoms with van der Waals surface area (Å²) in [5.74, 6) is -2.58. The van der Waals surface area contributed by atoms with Gasteiger partial charge in [-0.25, -0.2) is 4.98 Å². The van der Waals surface area contributed by atoms with Gasteiger partial charge in [0, 0.05) is 17.3 Å². The van der Waals surface area contributed by atoms with Crippen molar-refractivity contribution in [3.63, 3.8) is 0 Å². The van der Waals surface area contributed by atoms with Gasteiger partial charge in [0.25, 0.3) is 12.4 Å². The Morgan fingerprint density at radius 3 is 2.21 bits per heavy atom. The van der Waals surface area contributed by atoms with Crippen LogP contribution in [0.1, 0.15) is 16.2 Å². The number of fused-ring (bicyclic) bond motifs is 1. The molecule has 3 aromatic rings. The first-order valence-electron chi connectivity index (χ1n) is 9.65. The molecule has 0 saturated heterocycles. The van der Waals surface area contributed by atoms with E-state index in [1.54, 1.807) is 30.3 Å². The van der Waals surface area contributed by atoms with E-state index in [-0.39, 0.29) is 36.3 Å². The van der Waals surface area contributed by atoms with E-state index in [0.29, 0.717) is 16.9 Å². The zero-order chi connectivity index (χ0) is 25.1. The van der Waals surface area contributed by atoms with Gasteiger partial charge in [-0.1, -0.05) is 18.2 Å². The smallest absolute Gasteiger partial charge is 0.322 e. The number of hydrogen-bond donors (Lipinski definition) is 6. The Morgan fingerprint density at radius 1 is 0.941 bits per heavy atom. The average molecular weight is 471 g/mol. The second kappa shape index (κ2) is 12.4. The quantitative estimate of drug-likeness (QED) is 0.247. The molecule has 3 rings (SSSR count). The van der Waals surface area contributed by atoms with E-state index in [0.717, 1.165) is 0 Å². The van der Waals surface area contributed by atoms with Crippen molar-refractivity contribution in [3.05, 3.63) is 59.9 Å². The molecule has 0 aliphatic heterocycles. The average Bonchev–Trinajstić information content (AvgIpc) is 2.80. The molecule has 0 aliphatic carbocycles. The molecule has 0 fully saturated rings. The number of aromatic nitrogens is 1. The minimum absolute atomic E-state index is 0.0168. The van der Waals surface area contributed by atoms with E-state index in [1.807, 2.05) is 18.2 Å². The highest BCUT2D eigenvalue weighted by atomic mass is 16.5. The molecule has 1 aromatic heterocycles. The minimum Gasteiger partial charge on any atom is -0.505 e. The lowest BCUT2D eigenvalue weighted by Gasteiger charge is -2.14. The van der Waals surface area contributed by atoms with Crippen LogP contribution in [0.25, 0.3) is 10.8 Å². The molecule has 1 heterocycles. The van der Waals surface area contributed by atoms with E-state index in [1.165, 1.54) is 0 Å². The molecule has 2 aromatic carbocycles. The Balaban J connectivity index is 0.00000129. The maximum Gasteiger partial charge on any atom is 0.322 e. The Bertz CT molecular complexity index is 1180. The summed E-state index contributed by atoms with van der Waals surface area (Å²) in [6, 6.07) is 13.8. The number of nitrogens with one attached hydrogen (secondary N) is 2. The Morgan fingerprint density at radius 2 is 1.59 bits per heavy atom. The predicted molar refractivity (Wildman–Crippen MR) is 118 cm³/mol. The van der Waals surface area contributed by atoms with Crippen LogP contribution in [0.15, 0.2) is 48.5 Å². The number of carbonyl (C=O) groups is 4. The number of para-hydroxylation sites is 1. The van der Waals surface area contributed by atoms with Crippen molar-refractivity contribution in [3.8, 4) is 17.2 Å². The van der Waals surface area contributed by atoms with Gasteiger partial charge in [-0.2, -0.15) is 0 Å². The van der Waals surface area contributed by atoms with Crippen molar-refractivity contribution in [1.82, 2.24) is 15.6 Å². The summed E-state index contributed by atoms with van der Waals surface area (Å²) in [4.78, 5) is 46.4. The fraction of sp³-hybridized carbons (Fsp3) is 0.136. The maximum absolute atomic E-state index is 12.3. The van der Waals surface area contributed by atoms with Crippen LogP contribution in [0.4, 0.5) is 0 Å². The summed E-state index contributed by atoms with van der Waals surface area (Å²) in [5, 5.41) is 40.6. The topological polar surface area (TPSA) is 195 Å². The van der Waals surface area contributed by atoms with Crippen molar-refractivity contribution in [2.45, 2.75) is 6.54 Å². The van der Waals surface area contributed by atoms with Gasteiger partial charge in [-0.05, 0) is 30.3 Å². The molecule has 0 saturated carbocycles. The number of benzene rings is 2. The fourth-order valence-corrected chi connectivity index (χ4v) is 2.85. The van der Waals surface area contributed by atoms with Crippen LogP contribution >= 0.6 is 0 Å². The van der Waals surface area contributed by atoms with Crippen LogP contribution in [-0.2, 0) is 20.9 Å². The Labute approximate surface area is 192 Å². The molecule has 12 heteroatoms. The number of rotatable bonds is 9. The molecule has 1 amide bonds. The number of pyridine rings is 1. The lowest BCUT2D eigenvalue weighted by atomic mass is 10.1. The molecule has 12 nitrogen and oxygen atoms in total. The van der Waals surface area contributed by atoms with Gasteiger partial charge >= 0.3 is 11.9 Å². The van der Waals surface area contributed by atoms with Gasteiger partial charge in [0.15, 0.2) is 11.4 Å². The van der Waals surface area contributed by atoms with Crippen LogP contribution in [0, 0.1) is 0 Å². The Kier molecular flexibility index (Phi) is 9.29. The zero-order valence-electron chi connectivity index (χ0n) is 17.6. The molecular formula is C22H21N3O9. The van der Waals surface area contributed by atoms with Crippen molar-refractivity contribution >= 4 is 35.1 Å². The van der Waals surface area contributed by atoms with Crippen molar-refractivity contribution in [2.24, 2.45) is 0 Å². The lowest BCUT2D eigenvalue weighted by Crippen LogP contribution is -2.30. The van der Waals surface area contributed by atoms with Gasteiger partial charge in [0.2, 0.25) is 0 Å². The number of hydrogen-bond acceptors (Lipinski definition) is 8. The van der Waals surface area contributed by atoms with Crippen LogP contribution in [-0.4, -0.2) is 62.8 Å². The number of amides is 1. The molecule has 0 bridgehead atoms. The molecule has 0 aliphatic rings. The van der Waals surface area contributed by atoms with E-state index >= 15 is 0 Å². The van der Waals surface area contributed by atoms with Crippen LogP contribution in [0.3, 0.4) is 0 Å². The fourth-order valence-electron chi connectivity index (χ4n) is 2.85. The van der Waals surface area contributed by atoms with E-state index in [4.69, 9.17) is 24.9 Å². The van der Waals surface area contributed by atoms with Gasteiger partial charge in [-0.3, -0.25) is 19.2 Å². The highest BCUT2D eigenvalue weighted by molar-refractivity contribution is 6.03. The monoisotopic (exact) mass is 471 g/mol. The minimum atomic E-state index is -1.25. The third kappa shape index (κ3) is 7.17. The summed E-state index contributed by atoms with van der Waals surface area (Å²) in [6.45, 7) is -1.25. The predicted octanol–water partition coefficient (Wildman–Crippen LogP) is 1.42. The maximum atomic E-state index is 12.3. The molecule has 6 N–H and O–H groups in total. The summed E-state index contributed by atoms with van der Waals surface area (Å²) in [7, 11) is 0. The van der Waals surface area contributed by atoms with Gasteiger partial charge in [0.05, 0.1) is 12.2 Å². The standard InChI is InChI=1S/C21H19N3O7.CH2O2/c25-17(26)10-22-9-16-15-8-13(31-12-4-2-1-3-5-12)6-7-14(15)20(29)19(24-16)21(30)23-11-18(27)28;2-1-3/h1-8,22,29H,9-11H2,(H,23,30)(H,25,26)(H,27,28);1H,(H,2,3). The Hall–Kier alpha value is -4.71. The molecule has 34 heavy (non-hydrogen) atoms. The van der Waals surface area contributed by atoms with Crippen LogP contribution < -0.4 is 15.4 Å². The third-order valence-corrected chi connectivity index (χ3v) is 4.19. The molecule has 0 radical (unpaired) electrons. The molecule has 0 atom stereocenters. The number of carboxylic acids is 2. The molecule has 178 valence electrons.